The van der Waals surface area contributed by atoms with Crippen molar-refractivity contribution in [3.05, 3.63) is 29.8 Å². The highest BCUT2D eigenvalue weighted by Gasteiger charge is 2.23. The van der Waals surface area contributed by atoms with Crippen LogP contribution >= 0.6 is 0 Å². The molecule has 2 rings (SSSR count). The lowest BCUT2D eigenvalue weighted by molar-refractivity contribution is 0.179. The molecule has 6 nitrogen and oxygen atoms in total. The molecule has 0 aliphatic carbocycles. The third-order valence-corrected chi connectivity index (χ3v) is 2.90. The summed E-state index contributed by atoms with van der Waals surface area (Å²) in [7, 11) is 1.66. The highest BCUT2D eigenvalue weighted by Crippen LogP contribution is 2.33. The molecule has 0 aromatic heterocycles. The fraction of sp³-hybridized carbons (Fsp3) is 0.462. The minimum atomic E-state index is -0.0375. The van der Waals surface area contributed by atoms with Crippen LogP contribution in [-0.2, 0) is 4.74 Å². The summed E-state index contributed by atoms with van der Waals surface area (Å²) in [6.07, 6.45) is 0. The van der Waals surface area contributed by atoms with E-state index in [0.29, 0.717) is 19.2 Å². The Kier molecular flexibility index (Phi) is 4.59. The van der Waals surface area contributed by atoms with Crippen molar-refractivity contribution in [3.63, 3.8) is 0 Å². The number of nitrogens with two attached hydrogens (primary N) is 1. The van der Waals surface area contributed by atoms with Gasteiger partial charge in [0.1, 0.15) is 18.4 Å². The smallest absolute Gasteiger partial charge is 0.206 e. The van der Waals surface area contributed by atoms with Crippen LogP contribution in [0, 0.1) is 0 Å². The van der Waals surface area contributed by atoms with Gasteiger partial charge in [-0.3, -0.25) is 5.43 Å². The number of aliphatic imine (C=N–C) groups is 1. The van der Waals surface area contributed by atoms with Crippen molar-refractivity contribution >= 4 is 5.96 Å². The maximum atomic E-state index is 5.58. The molecule has 0 amide bonds. The second-order valence-corrected chi connectivity index (χ2v) is 4.49. The highest BCUT2D eigenvalue weighted by molar-refractivity contribution is 5.79. The van der Waals surface area contributed by atoms with E-state index in [2.05, 4.69) is 15.7 Å². The topological polar surface area (TPSA) is 80.9 Å². The second kappa shape index (κ2) is 6.40. The van der Waals surface area contributed by atoms with Crippen molar-refractivity contribution in [2.75, 3.05) is 20.3 Å². The number of ether oxygens (including phenoxy) is 2. The first-order valence-corrected chi connectivity index (χ1v) is 6.26. The van der Waals surface area contributed by atoms with Crippen LogP contribution in [0.4, 0.5) is 0 Å². The van der Waals surface area contributed by atoms with Gasteiger partial charge in [-0.15, -0.1) is 0 Å². The Morgan fingerprint density at radius 3 is 3.11 bits per heavy atom. The number of guanidine groups is 1. The average molecular weight is 264 g/mol. The maximum Gasteiger partial charge on any atom is 0.206 e. The van der Waals surface area contributed by atoms with Gasteiger partial charge in [-0.05, 0) is 13.0 Å². The molecule has 104 valence electrons. The zero-order valence-electron chi connectivity index (χ0n) is 11.2. The first kappa shape index (κ1) is 13.6. The summed E-state index contributed by atoms with van der Waals surface area (Å²) in [5.74, 6) is 6.91. The maximum absolute atomic E-state index is 5.58. The van der Waals surface area contributed by atoms with Gasteiger partial charge < -0.3 is 14.8 Å². The Morgan fingerprint density at radius 1 is 1.58 bits per heavy atom. The van der Waals surface area contributed by atoms with E-state index in [9.17, 15) is 0 Å². The minimum Gasteiger partial charge on any atom is -0.491 e. The van der Waals surface area contributed by atoms with Crippen LogP contribution in [0.15, 0.2) is 29.3 Å². The van der Waals surface area contributed by atoms with E-state index in [4.69, 9.17) is 15.3 Å². The predicted molar refractivity (Wildman–Crippen MR) is 73.9 cm³/mol. The van der Waals surface area contributed by atoms with Gasteiger partial charge in [0, 0.05) is 18.7 Å². The molecule has 6 heteroatoms. The number of para-hydroxylation sites is 1. The standard InChI is InChI=1S/C13H20N4O2/c1-9(7-18-2)15-13(17-14)16-11-8-19-12-6-4-3-5-10(11)12/h3-6,9,11H,7-8,14H2,1-2H3,(H2,15,16,17). The van der Waals surface area contributed by atoms with Crippen LogP contribution in [0.5, 0.6) is 5.75 Å². The Labute approximate surface area is 113 Å². The van der Waals surface area contributed by atoms with Gasteiger partial charge in [0.25, 0.3) is 0 Å². The van der Waals surface area contributed by atoms with E-state index >= 15 is 0 Å². The molecule has 0 radical (unpaired) electrons. The molecule has 0 bridgehead atoms. The molecule has 0 saturated carbocycles. The number of hydrazine groups is 1. The first-order chi connectivity index (χ1) is 9.24. The van der Waals surface area contributed by atoms with Crippen molar-refractivity contribution < 1.29 is 9.47 Å². The summed E-state index contributed by atoms with van der Waals surface area (Å²) in [5.41, 5.74) is 3.66. The van der Waals surface area contributed by atoms with Crippen molar-refractivity contribution in [1.82, 2.24) is 10.7 Å². The Balaban J connectivity index is 2.07. The van der Waals surface area contributed by atoms with Crippen LogP contribution in [0.25, 0.3) is 0 Å². The van der Waals surface area contributed by atoms with Gasteiger partial charge in [-0.25, -0.2) is 10.8 Å². The average Bonchev–Trinajstić information content (AvgIpc) is 2.82. The Hall–Kier alpha value is -1.79. The molecular weight excluding hydrogens is 244 g/mol. The van der Waals surface area contributed by atoms with E-state index < -0.39 is 0 Å². The molecule has 1 aliphatic rings. The zero-order valence-corrected chi connectivity index (χ0v) is 11.2. The van der Waals surface area contributed by atoms with Crippen LogP contribution in [0.3, 0.4) is 0 Å². The monoisotopic (exact) mass is 264 g/mol. The summed E-state index contributed by atoms with van der Waals surface area (Å²) in [5, 5.41) is 3.16. The number of methoxy groups -OCH3 is 1. The Morgan fingerprint density at radius 2 is 2.37 bits per heavy atom. The quantitative estimate of drug-likeness (QED) is 0.320. The fourth-order valence-corrected chi connectivity index (χ4v) is 2.05. The summed E-state index contributed by atoms with van der Waals surface area (Å²) < 4.78 is 10.6. The molecule has 1 aromatic carbocycles. The summed E-state index contributed by atoms with van der Waals surface area (Å²) in [6.45, 7) is 3.11. The van der Waals surface area contributed by atoms with Crippen LogP contribution in [0.1, 0.15) is 18.5 Å². The largest absolute Gasteiger partial charge is 0.491 e. The molecule has 0 saturated heterocycles. The lowest BCUT2D eigenvalue weighted by atomic mass is 10.1. The molecule has 1 aromatic rings. The van der Waals surface area contributed by atoms with Gasteiger partial charge in [0.15, 0.2) is 0 Å². The molecular formula is C13H20N4O2. The minimum absolute atomic E-state index is 0.0375. The lowest BCUT2D eigenvalue weighted by Crippen LogP contribution is -2.47. The number of hydrogen-bond acceptors (Lipinski definition) is 4. The molecule has 19 heavy (non-hydrogen) atoms. The van der Waals surface area contributed by atoms with Crippen molar-refractivity contribution in [2.45, 2.75) is 19.0 Å². The van der Waals surface area contributed by atoms with E-state index in [0.717, 1.165) is 11.3 Å². The van der Waals surface area contributed by atoms with Crippen LogP contribution < -0.4 is 21.3 Å². The first-order valence-electron chi connectivity index (χ1n) is 6.26. The van der Waals surface area contributed by atoms with Crippen molar-refractivity contribution in [3.8, 4) is 5.75 Å². The van der Waals surface area contributed by atoms with Crippen molar-refractivity contribution in [1.29, 1.82) is 0 Å². The van der Waals surface area contributed by atoms with Gasteiger partial charge in [0.05, 0.1) is 6.61 Å². The van der Waals surface area contributed by atoms with Gasteiger partial charge in [0.2, 0.25) is 5.96 Å². The SMILES string of the molecule is COCC(C)NC(=NC1COc2ccccc21)NN. The number of nitrogens with one attached hydrogen (secondary N) is 2. The fourth-order valence-electron chi connectivity index (χ4n) is 2.05. The summed E-state index contributed by atoms with van der Waals surface area (Å²) >= 11 is 0. The Bertz CT molecular complexity index is 450. The number of fused-ring (bicyclic) bond motifs is 1. The lowest BCUT2D eigenvalue weighted by Gasteiger charge is -2.16. The zero-order chi connectivity index (χ0) is 13.7. The van der Waals surface area contributed by atoms with Gasteiger partial charge in [-0.2, -0.15) is 0 Å². The second-order valence-electron chi connectivity index (χ2n) is 4.49. The van der Waals surface area contributed by atoms with E-state index in [1.165, 1.54) is 0 Å². The molecule has 4 N–H and O–H groups in total. The molecule has 0 spiro atoms. The number of hydrogen-bond donors (Lipinski definition) is 3. The van der Waals surface area contributed by atoms with Crippen molar-refractivity contribution in [2.24, 2.45) is 10.8 Å². The molecule has 1 aliphatic heterocycles. The molecule has 2 unspecified atom stereocenters. The van der Waals surface area contributed by atoms with E-state index in [1.54, 1.807) is 7.11 Å². The molecule has 0 fully saturated rings. The van der Waals surface area contributed by atoms with Crippen LogP contribution in [0.2, 0.25) is 0 Å². The van der Waals surface area contributed by atoms with Gasteiger partial charge >= 0.3 is 0 Å². The third kappa shape index (κ3) is 3.36. The summed E-state index contributed by atoms with van der Waals surface area (Å²) in [6, 6.07) is 7.98. The number of nitrogens with zero attached hydrogens (tertiary/aromatic N) is 1. The van der Waals surface area contributed by atoms with Crippen LogP contribution in [-0.4, -0.2) is 32.3 Å². The normalized spacial score (nSPS) is 19.5. The molecule has 1 heterocycles. The van der Waals surface area contributed by atoms with E-state index in [-0.39, 0.29) is 12.1 Å². The number of rotatable bonds is 4. The van der Waals surface area contributed by atoms with Gasteiger partial charge in [-0.1, -0.05) is 18.2 Å². The molecule has 2 atom stereocenters. The summed E-state index contributed by atoms with van der Waals surface area (Å²) in [4.78, 5) is 4.55. The third-order valence-electron chi connectivity index (χ3n) is 2.90. The predicted octanol–water partition coefficient (Wildman–Crippen LogP) is 0.564. The highest BCUT2D eigenvalue weighted by atomic mass is 16.5. The number of benzene rings is 1. The van der Waals surface area contributed by atoms with E-state index in [1.807, 2.05) is 31.2 Å².